The number of hydrazone groups is 1. The molecule has 0 unspecified atom stereocenters. The average Bonchev–Trinajstić information content (AvgIpc) is 2.36. The van der Waals surface area contributed by atoms with Crippen LogP contribution in [0.5, 0.6) is 0 Å². The second-order valence-corrected chi connectivity index (χ2v) is 3.26. The van der Waals surface area contributed by atoms with Gasteiger partial charge in [0.25, 0.3) is 0 Å². The highest BCUT2D eigenvalue weighted by molar-refractivity contribution is 6.58. The van der Waals surface area contributed by atoms with E-state index in [4.69, 9.17) is 5.41 Å². The van der Waals surface area contributed by atoms with Crippen molar-refractivity contribution >= 4 is 23.6 Å². The van der Waals surface area contributed by atoms with Crippen LogP contribution < -0.4 is 5.43 Å². The van der Waals surface area contributed by atoms with E-state index in [2.05, 4.69) is 15.3 Å². The summed E-state index contributed by atoms with van der Waals surface area (Å²) in [7, 11) is 0. The van der Waals surface area contributed by atoms with Crippen molar-refractivity contribution < 1.29 is 22.7 Å². The molecule has 0 amide bonds. The molecule has 0 heterocycles. The molecule has 2 N–H and O–H groups in total. The predicted octanol–water partition coefficient (Wildman–Crippen LogP) is 2.08. The van der Waals surface area contributed by atoms with Gasteiger partial charge in [0.05, 0.1) is 18.5 Å². The van der Waals surface area contributed by atoms with Crippen molar-refractivity contribution in [2.45, 2.75) is 6.92 Å². The minimum atomic E-state index is -1.59. The zero-order valence-electron chi connectivity index (χ0n) is 9.84. The van der Waals surface area contributed by atoms with Gasteiger partial charge in [0.1, 0.15) is 0 Å². The third-order valence-corrected chi connectivity index (χ3v) is 1.87. The molecule has 0 saturated carbocycles. The Morgan fingerprint density at radius 2 is 2.00 bits per heavy atom. The average molecular weight is 273 g/mol. The van der Waals surface area contributed by atoms with Crippen LogP contribution in [0.2, 0.25) is 0 Å². The number of ether oxygens (including phenoxy) is 1. The number of nitrogens with one attached hydrogen (secondary N) is 2. The van der Waals surface area contributed by atoms with Crippen LogP contribution in [0.1, 0.15) is 6.92 Å². The van der Waals surface area contributed by atoms with Crippen LogP contribution >= 0.6 is 0 Å². The first-order chi connectivity index (χ1) is 8.95. The number of halogens is 3. The first-order valence-electron chi connectivity index (χ1n) is 5.15. The number of carbonyl (C=O) groups excluding carboxylic acids is 1. The lowest BCUT2D eigenvalue weighted by atomic mass is 10.3. The quantitative estimate of drug-likeness (QED) is 0.373. The van der Waals surface area contributed by atoms with E-state index >= 15 is 0 Å². The summed E-state index contributed by atoms with van der Waals surface area (Å²) in [6.07, 6.45) is 0.803. The van der Waals surface area contributed by atoms with Gasteiger partial charge in [0.15, 0.2) is 23.2 Å². The Labute approximate surface area is 106 Å². The first kappa shape index (κ1) is 14.7. The minimum absolute atomic E-state index is 0.108. The molecule has 0 radical (unpaired) electrons. The van der Waals surface area contributed by atoms with E-state index in [9.17, 15) is 18.0 Å². The SMILES string of the molecule is CCOC(=O)C(=N)/C=N\Nc1cc(F)c(F)c(F)c1. The zero-order valence-corrected chi connectivity index (χ0v) is 9.84. The standard InChI is InChI=1S/C11H10F3N3O2/c1-2-19-11(18)9(15)5-16-17-6-3-7(12)10(14)8(13)4-6/h3-5,15,17H,2H2,1H3/b15-9?,16-5-. The fourth-order valence-electron chi connectivity index (χ4n) is 1.05. The van der Waals surface area contributed by atoms with Crippen molar-refractivity contribution in [2.24, 2.45) is 5.10 Å². The Morgan fingerprint density at radius 3 is 2.53 bits per heavy atom. The summed E-state index contributed by atoms with van der Waals surface area (Å²) in [5, 5.41) is 10.6. The molecule has 8 heteroatoms. The Hall–Kier alpha value is -2.38. The van der Waals surface area contributed by atoms with E-state index in [0.717, 1.165) is 6.21 Å². The van der Waals surface area contributed by atoms with Gasteiger partial charge in [-0.25, -0.2) is 18.0 Å². The summed E-state index contributed by atoms with van der Waals surface area (Å²) >= 11 is 0. The van der Waals surface area contributed by atoms with E-state index in [0.29, 0.717) is 12.1 Å². The van der Waals surface area contributed by atoms with Gasteiger partial charge in [0, 0.05) is 12.1 Å². The molecule has 1 rings (SSSR count). The van der Waals surface area contributed by atoms with Crippen LogP contribution in [0.15, 0.2) is 17.2 Å². The van der Waals surface area contributed by atoms with Crippen molar-refractivity contribution in [3.63, 3.8) is 0 Å². The molecule has 0 saturated heterocycles. The predicted molar refractivity (Wildman–Crippen MR) is 62.8 cm³/mol. The Balaban J connectivity index is 2.67. The van der Waals surface area contributed by atoms with E-state index in [1.54, 1.807) is 6.92 Å². The second-order valence-electron chi connectivity index (χ2n) is 3.26. The van der Waals surface area contributed by atoms with Gasteiger partial charge in [-0.3, -0.25) is 10.8 Å². The topological polar surface area (TPSA) is 74.5 Å². The lowest BCUT2D eigenvalue weighted by molar-refractivity contribution is -0.134. The van der Waals surface area contributed by atoms with E-state index < -0.39 is 29.1 Å². The summed E-state index contributed by atoms with van der Waals surface area (Å²) in [5.41, 5.74) is 1.45. The summed E-state index contributed by atoms with van der Waals surface area (Å²) in [4.78, 5) is 11.0. The maximum Gasteiger partial charge on any atom is 0.357 e. The molecule has 5 nitrogen and oxygen atoms in total. The molecule has 19 heavy (non-hydrogen) atoms. The van der Waals surface area contributed by atoms with Crippen molar-refractivity contribution in [2.75, 3.05) is 12.0 Å². The Morgan fingerprint density at radius 1 is 1.42 bits per heavy atom. The number of hydrogen-bond acceptors (Lipinski definition) is 5. The number of benzene rings is 1. The summed E-state index contributed by atoms with van der Waals surface area (Å²) in [6.45, 7) is 1.68. The third kappa shape index (κ3) is 4.09. The van der Waals surface area contributed by atoms with Gasteiger partial charge >= 0.3 is 5.97 Å². The van der Waals surface area contributed by atoms with Gasteiger partial charge in [-0.15, -0.1) is 0 Å². The summed E-state index contributed by atoms with van der Waals surface area (Å²) in [6, 6.07) is 1.37. The number of carbonyl (C=O) groups is 1. The molecule has 1 aromatic rings. The molecular weight excluding hydrogens is 263 g/mol. The monoisotopic (exact) mass is 273 g/mol. The molecule has 0 spiro atoms. The maximum absolute atomic E-state index is 12.8. The highest BCUT2D eigenvalue weighted by Crippen LogP contribution is 2.16. The first-order valence-corrected chi connectivity index (χ1v) is 5.15. The largest absolute Gasteiger partial charge is 0.461 e. The molecule has 0 aliphatic heterocycles. The Kier molecular flexibility index (Phi) is 5.04. The van der Waals surface area contributed by atoms with Crippen LogP contribution in [0.4, 0.5) is 18.9 Å². The smallest absolute Gasteiger partial charge is 0.357 e. The highest BCUT2D eigenvalue weighted by atomic mass is 19.2. The van der Waals surface area contributed by atoms with E-state index in [1.165, 1.54) is 0 Å². The van der Waals surface area contributed by atoms with Gasteiger partial charge in [-0.1, -0.05) is 0 Å². The van der Waals surface area contributed by atoms with Crippen molar-refractivity contribution in [3.8, 4) is 0 Å². The molecular formula is C11H10F3N3O2. The van der Waals surface area contributed by atoms with Crippen LogP contribution in [-0.4, -0.2) is 24.5 Å². The maximum atomic E-state index is 12.8. The number of esters is 1. The fraction of sp³-hybridized carbons (Fsp3) is 0.182. The molecule has 0 aliphatic carbocycles. The molecule has 0 bridgehead atoms. The third-order valence-electron chi connectivity index (χ3n) is 1.87. The van der Waals surface area contributed by atoms with Crippen LogP contribution in [0.3, 0.4) is 0 Å². The second kappa shape index (κ2) is 6.53. The van der Waals surface area contributed by atoms with Crippen molar-refractivity contribution in [1.29, 1.82) is 5.41 Å². The summed E-state index contributed by atoms with van der Waals surface area (Å²) in [5.74, 6) is -5.23. The van der Waals surface area contributed by atoms with Gasteiger partial charge in [0.2, 0.25) is 0 Å². The number of rotatable bonds is 5. The normalized spacial score (nSPS) is 10.5. The van der Waals surface area contributed by atoms with Gasteiger partial charge < -0.3 is 4.74 Å². The van der Waals surface area contributed by atoms with Crippen molar-refractivity contribution in [3.05, 3.63) is 29.6 Å². The zero-order chi connectivity index (χ0) is 14.4. The van der Waals surface area contributed by atoms with Crippen LogP contribution in [0.25, 0.3) is 0 Å². The molecule has 0 atom stereocenters. The lowest BCUT2D eigenvalue weighted by Gasteiger charge is -2.02. The van der Waals surface area contributed by atoms with Crippen LogP contribution in [0, 0.1) is 22.9 Å². The van der Waals surface area contributed by atoms with E-state index in [1.807, 2.05) is 0 Å². The van der Waals surface area contributed by atoms with Crippen molar-refractivity contribution in [1.82, 2.24) is 0 Å². The molecule has 0 aromatic heterocycles. The Bertz CT molecular complexity index is 509. The lowest BCUT2D eigenvalue weighted by Crippen LogP contribution is -2.18. The molecule has 0 aliphatic rings. The molecule has 0 fully saturated rings. The van der Waals surface area contributed by atoms with Gasteiger partial charge in [-0.05, 0) is 6.92 Å². The number of hydrogen-bond donors (Lipinski definition) is 2. The number of anilines is 1. The van der Waals surface area contributed by atoms with E-state index in [-0.39, 0.29) is 12.3 Å². The minimum Gasteiger partial charge on any atom is -0.461 e. The number of nitrogens with zero attached hydrogens (tertiary/aromatic N) is 1. The highest BCUT2D eigenvalue weighted by Gasteiger charge is 2.10. The molecule has 1 aromatic carbocycles. The van der Waals surface area contributed by atoms with Crippen LogP contribution in [-0.2, 0) is 9.53 Å². The molecule has 102 valence electrons. The van der Waals surface area contributed by atoms with Gasteiger partial charge in [-0.2, -0.15) is 5.10 Å². The summed E-state index contributed by atoms with van der Waals surface area (Å²) < 4.78 is 42.8. The fourth-order valence-corrected chi connectivity index (χ4v) is 1.05.